The lowest BCUT2D eigenvalue weighted by Crippen LogP contribution is -2.37. The minimum atomic E-state index is -0.0703. The van der Waals surface area contributed by atoms with Crippen molar-refractivity contribution in [3.05, 3.63) is 29.8 Å². The molecule has 1 atom stereocenters. The number of benzene rings is 1. The lowest BCUT2D eigenvalue weighted by Gasteiger charge is -2.12. The van der Waals surface area contributed by atoms with Crippen LogP contribution in [0.4, 0.5) is 0 Å². The molecule has 5 heteroatoms. The summed E-state index contributed by atoms with van der Waals surface area (Å²) in [6.45, 7) is 5.34. The van der Waals surface area contributed by atoms with Crippen molar-refractivity contribution in [3.8, 4) is 5.75 Å². The predicted molar refractivity (Wildman–Crippen MR) is 80.3 cm³/mol. The Hall–Kier alpha value is -1.26. The highest BCUT2D eigenvalue weighted by molar-refractivity contribution is 5.94. The molecular formula is C14H23ClN2O2. The second-order valence-corrected chi connectivity index (χ2v) is 4.28. The Morgan fingerprint density at radius 1 is 1.42 bits per heavy atom. The van der Waals surface area contributed by atoms with Crippen LogP contribution in [0, 0.1) is 0 Å². The lowest BCUT2D eigenvalue weighted by molar-refractivity contribution is 0.0950. The molecule has 19 heavy (non-hydrogen) atoms. The number of hydrogen-bond donors (Lipinski definition) is 2. The van der Waals surface area contributed by atoms with E-state index in [2.05, 4.69) is 17.6 Å². The van der Waals surface area contributed by atoms with Gasteiger partial charge in [0.1, 0.15) is 5.75 Å². The first-order valence-electron chi connectivity index (χ1n) is 6.35. The van der Waals surface area contributed by atoms with Gasteiger partial charge in [0.15, 0.2) is 0 Å². The number of carbonyl (C=O) groups excluding carboxylic acids is 1. The van der Waals surface area contributed by atoms with E-state index in [4.69, 9.17) is 4.74 Å². The molecule has 0 spiro atoms. The summed E-state index contributed by atoms with van der Waals surface area (Å²) in [5.74, 6) is 0.671. The molecule has 0 fully saturated rings. The number of carbonyl (C=O) groups is 1. The summed E-state index contributed by atoms with van der Waals surface area (Å²) in [7, 11) is 1.87. The lowest BCUT2D eigenvalue weighted by atomic mass is 10.2. The van der Waals surface area contributed by atoms with Gasteiger partial charge in [0.2, 0.25) is 0 Å². The zero-order valence-corrected chi connectivity index (χ0v) is 12.5. The summed E-state index contributed by atoms with van der Waals surface area (Å²) >= 11 is 0. The maximum atomic E-state index is 11.9. The Morgan fingerprint density at radius 3 is 2.79 bits per heavy atom. The summed E-state index contributed by atoms with van der Waals surface area (Å²) in [6.07, 6.45) is 0.954. The van der Waals surface area contributed by atoms with Gasteiger partial charge >= 0.3 is 0 Å². The summed E-state index contributed by atoms with van der Waals surface area (Å²) in [6, 6.07) is 7.52. The Balaban J connectivity index is 0.00000324. The molecule has 1 rings (SSSR count). The largest absolute Gasteiger partial charge is 0.494 e. The highest BCUT2D eigenvalue weighted by Crippen LogP contribution is 2.13. The number of halogens is 1. The summed E-state index contributed by atoms with van der Waals surface area (Å²) < 4.78 is 5.50. The van der Waals surface area contributed by atoms with Crippen molar-refractivity contribution in [2.45, 2.75) is 26.3 Å². The standard InChI is InChI=1S/C14H22N2O2.ClH/c1-4-8-18-13-7-5-6-12(9-13)14(17)16-10-11(2)15-3;/h5-7,9,11,15H,4,8,10H2,1-3H3,(H,16,17);1H. The van der Waals surface area contributed by atoms with Gasteiger partial charge in [-0.15, -0.1) is 12.4 Å². The number of nitrogens with one attached hydrogen (secondary N) is 2. The molecule has 0 heterocycles. The van der Waals surface area contributed by atoms with Crippen LogP contribution >= 0.6 is 12.4 Å². The average molecular weight is 287 g/mol. The maximum absolute atomic E-state index is 11.9. The van der Waals surface area contributed by atoms with E-state index in [0.717, 1.165) is 12.2 Å². The van der Waals surface area contributed by atoms with Gasteiger partial charge in [-0.25, -0.2) is 0 Å². The van der Waals surface area contributed by atoms with Crippen LogP contribution in [0.3, 0.4) is 0 Å². The molecule has 108 valence electrons. The SMILES string of the molecule is CCCOc1cccc(C(=O)NCC(C)NC)c1.Cl. The van der Waals surface area contributed by atoms with Gasteiger partial charge in [-0.2, -0.15) is 0 Å². The van der Waals surface area contributed by atoms with Crippen molar-refractivity contribution in [1.82, 2.24) is 10.6 Å². The smallest absolute Gasteiger partial charge is 0.251 e. The first kappa shape index (κ1) is 17.7. The van der Waals surface area contributed by atoms with E-state index >= 15 is 0 Å². The van der Waals surface area contributed by atoms with Crippen molar-refractivity contribution >= 4 is 18.3 Å². The van der Waals surface area contributed by atoms with Crippen LogP contribution in [0.5, 0.6) is 5.75 Å². The number of hydrogen-bond acceptors (Lipinski definition) is 3. The molecule has 0 radical (unpaired) electrons. The van der Waals surface area contributed by atoms with Gasteiger partial charge in [-0.1, -0.05) is 13.0 Å². The van der Waals surface area contributed by atoms with Gasteiger partial charge in [-0.3, -0.25) is 4.79 Å². The van der Waals surface area contributed by atoms with Crippen LogP contribution in [-0.4, -0.2) is 32.1 Å². The van der Waals surface area contributed by atoms with E-state index in [1.165, 1.54) is 0 Å². The normalized spacial score (nSPS) is 11.3. The predicted octanol–water partition coefficient (Wildman–Crippen LogP) is 2.23. The molecule has 4 nitrogen and oxygen atoms in total. The topological polar surface area (TPSA) is 50.4 Å². The van der Waals surface area contributed by atoms with Gasteiger partial charge in [-0.05, 0) is 38.6 Å². The third-order valence-corrected chi connectivity index (χ3v) is 2.63. The van der Waals surface area contributed by atoms with Crippen molar-refractivity contribution in [3.63, 3.8) is 0 Å². The first-order chi connectivity index (χ1) is 8.67. The molecule has 2 N–H and O–H groups in total. The quantitative estimate of drug-likeness (QED) is 0.808. The Kier molecular flexibility index (Phi) is 9.00. The molecule has 0 bridgehead atoms. The van der Waals surface area contributed by atoms with Gasteiger partial charge in [0, 0.05) is 18.2 Å². The molecule has 0 aromatic heterocycles. The van der Waals surface area contributed by atoms with Crippen LogP contribution in [0.2, 0.25) is 0 Å². The molecule has 0 aliphatic heterocycles. The molecule has 1 aromatic rings. The molecule has 1 unspecified atom stereocenters. The van der Waals surface area contributed by atoms with Crippen LogP contribution in [0.1, 0.15) is 30.6 Å². The van der Waals surface area contributed by atoms with Crippen LogP contribution in [-0.2, 0) is 0 Å². The van der Waals surface area contributed by atoms with Crippen LogP contribution in [0.15, 0.2) is 24.3 Å². The highest BCUT2D eigenvalue weighted by Gasteiger charge is 2.07. The molecular weight excluding hydrogens is 264 g/mol. The van der Waals surface area contributed by atoms with Gasteiger partial charge in [0.25, 0.3) is 5.91 Å². The van der Waals surface area contributed by atoms with E-state index < -0.39 is 0 Å². The van der Waals surface area contributed by atoms with Crippen molar-refractivity contribution in [2.24, 2.45) is 0 Å². The number of likely N-dealkylation sites (N-methyl/N-ethyl adjacent to an activating group) is 1. The maximum Gasteiger partial charge on any atom is 0.251 e. The third kappa shape index (κ3) is 6.45. The Labute approximate surface area is 121 Å². The second kappa shape index (κ2) is 9.64. The number of ether oxygens (including phenoxy) is 1. The first-order valence-corrected chi connectivity index (χ1v) is 6.35. The average Bonchev–Trinajstić information content (AvgIpc) is 2.42. The summed E-state index contributed by atoms with van der Waals surface area (Å²) in [5.41, 5.74) is 0.631. The minimum absolute atomic E-state index is 0. The van der Waals surface area contributed by atoms with E-state index in [1.807, 2.05) is 26.1 Å². The highest BCUT2D eigenvalue weighted by atomic mass is 35.5. The van der Waals surface area contributed by atoms with Gasteiger partial charge in [0.05, 0.1) is 6.61 Å². The summed E-state index contributed by atoms with van der Waals surface area (Å²) in [5, 5.41) is 5.95. The fourth-order valence-corrected chi connectivity index (χ4v) is 1.40. The monoisotopic (exact) mass is 286 g/mol. The molecule has 1 amide bonds. The van der Waals surface area contributed by atoms with E-state index in [1.54, 1.807) is 12.1 Å². The van der Waals surface area contributed by atoms with Gasteiger partial charge < -0.3 is 15.4 Å². The zero-order chi connectivity index (χ0) is 13.4. The summed E-state index contributed by atoms with van der Waals surface area (Å²) in [4.78, 5) is 11.9. The molecule has 1 aromatic carbocycles. The fraction of sp³-hybridized carbons (Fsp3) is 0.500. The molecule has 0 aliphatic carbocycles. The minimum Gasteiger partial charge on any atom is -0.494 e. The Bertz CT molecular complexity index is 385. The third-order valence-electron chi connectivity index (χ3n) is 2.63. The molecule has 0 saturated heterocycles. The molecule has 0 aliphatic rings. The van der Waals surface area contributed by atoms with Crippen molar-refractivity contribution < 1.29 is 9.53 Å². The second-order valence-electron chi connectivity index (χ2n) is 4.28. The van der Waals surface area contributed by atoms with E-state index in [0.29, 0.717) is 18.7 Å². The van der Waals surface area contributed by atoms with Crippen molar-refractivity contribution in [2.75, 3.05) is 20.2 Å². The van der Waals surface area contributed by atoms with Crippen molar-refractivity contribution in [1.29, 1.82) is 0 Å². The fourth-order valence-electron chi connectivity index (χ4n) is 1.40. The molecule has 0 saturated carbocycles. The zero-order valence-electron chi connectivity index (χ0n) is 11.7. The van der Waals surface area contributed by atoms with Crippen LogP contribution < -0.4 is 15.4 Å². The number of amides is 1. The van der Waals surface area contributed by atoms with E-state index in [-0.39, 0.29) is 24.4 Å². The van der Waals surface area contributed by atoms with Crippen LogP contribution in [0.25, 0.3) is 0 Å². The Morgan fingerprint density at radius 2 is 2.16 bits per heavy atom. The van der Waals surface area contributed by atoms with E-state index in [9.17, 15) is 4.79 Å². The number of rotatable bonds is 7.